The Morgan fingerprint density at radius 2 is 2.10 bits per heavy atom. The van der Waals surface area contributed by atoms with E-state index in [1.54, 1.807) is 0 Å². The number of carboxylic acid groups (broad SMARTS) is 1. The van der Waals surface area contributed by atoms with Crippen molar-refractivity contribution in [2.75, 3.05) is 5.75 Å². The Bertz CT molecular complexity index is 536. The Morgan fingerprint density at radius 3 is 2.70 bits per heavy atom. The first kappa shape index (κ1) is 14.7. The van der Waals surface area contributed by atoms with Crippen LogP contribution in [0.25, 0.3) is 0 Å². The van der Waals surface area contributed by atoms with Crippen molar-refractivity contribution < 1.29 is 19.4 Å². The Balaban J connectivity index is 2.21. The molecule has 0 saturated carbocycles. The summed E-state index contributed by atoms with van der Waals surface area (Å²) in [5.74, 6) is 0.0281. The molecule has 0 fully saturated rings. The average Bonchev–Trinajstić information content (AvgIpc) is 2.83. The van der Waals surface area contributed by atoms with Crippen LogP contribution < -0.4 is 0 Å². The summed E-state index contributed by atoms with van der Waals surface area (Å²) in [6, 6.07) is 9.19. The average molecular weight is 312 g/mol. The summed E-state index contributed by atoms with van der Waals surface area (Å²) in [7, 11) is 0. The van der Waals surface area contributed by atoms with Gasteiger partial charge in [-0.2, -0.15) is 22.7 Å². The van der Waals surface area contributed by atoms with E-state index in [1.807, 2.05) is 30.3 Å². The van der Waals surface area contributed by atoms with Crippen LogP contribution in [0.2, 0.25) is 0 Å². The number of thiol groups is 1. The van der Waals surface area contributed by atoms with Gasteiger partial charge in [-0.25, -0.2) is 4.79 Å². The minimum atomic E-state index is -1.45. The number of hydrazone groups is 1. The van der Waals surface area contributed by atoms with Crippen molar-refractivity contribution in [2.24, 2.45) is 5.10 Å². The van der Waals surface area contributed by atoms with E-state index in [-0.39, 0.29) is 12.3 Å². The lowest BCUT2D eigenvalue weighted by Gasteiger charge is -2.18. The molecule has 1 aromatic rings. The Kier molecular flexibility index (Phi) is 4.91. The molecule has 0 bridgehead atoms. The first-order chi connectivity index (χ1) is 9.61. The van der Waals surface area contributed by atoms with Crippen molar-refractivity contribution in [2.45, 2.75) is 12.0 Å². The molecule has 1 amide bonds. The molecule has 8 heteroatoms. The van der Waals surface area contributed by atoms with Crippen LogP contribution in [0.3, 0.4) is 0 Å². The first-order valence-corrected chi connectivity index (χ1v) is 7.26. The van der Waals surface area contributed by atoms with Gasteiger partial charge in [-0.15, -0.1) is 0 Å². The maximum absolute atomic E-state index is 11.9. The summed E-state index contributed by atoms with van der Waals surface area (Å²) in [6.45, 7) is 0. The van der Waals surface area contributed by atoms with Gasteiger partial charge in [-0.3, -0.25) is 4.79 Å². The van der Waals surface area contributed by atoms with Crippen molar-refractivity contribution in [1.29, 1.82) is 0 Å². The van der Waals surface area contributed by atoms with Gasteiger partial charge in [0.25, 0.3) is 5.56 Å². The fourth-order valence-corrected chi connectivity index (χ4v) is 2.75. The summed E-state index contributed by atoms with van der Waals surface area (Å²) in [4.78, 5) is 22.6. The Morgan fingerprint density at radius 1 is 1.40 bits per heavy atom. The minimum Gasteiger partial charge on any atom is -0.450 e. The third-order valence-corrected chi connectivity index (χ3v) is 3.68. The van der Waals surface area contributed by atoms with Crippen LogP contribution in [0, 0.1) is 0 Å². The third-order valence-electron chi connectivity index (χ3n) is 2.41. The predicted octanol–water partition coefficient (Wildman–Crippen LogP) is 2.22. The van der Waals surface area contributed by atoms with Crippen LogP contribution >= 0.6 is 24.4 Å². The van der Waals surface area contributed by atoms with Gasteiger partial charge in [0, 0.05) is 12.0 Å². The highest BCUT2D eigenvalue weighted by Crippen LogP contribution is 2.31. The number of hydrogen-bond acceptors (Lipinski definition) is 6. The lowest BCUT2D eigenvalue weighted by molar-refractivity contribution is -0.136. The molecule has 0 aromatic heterocycles. The number of amides is 1. The third kappa shape index (κ3) is 3.45. The van der Waals surface area contributed by atoms with Crippen molar-refractivity contribution in [3.8, 4) is 0 Å². The van der Waals surface area contributed by atoms with Crippen LogP contribution in [0.15, 0.2) is 35.4 Å². The summed E-state index contributed by atoms with van der Waals surface area (Å²) in [5.41, 5.74) is -0.187. The highest BCUT2D eigenvalue weighted by atomic mass is 32.2. The minimum absolute atomic E-state index is 0.161. The molecule has 1 unspecified atom stereocenters. The number of rotatable bonds is 4. The molecule has 0 radical (unpaired) electrons. The molecule has 106 valence electrons. The number of carbonyl (C=O) groups excluding carboxylic acids is 1. The molecule has 1 N–H and O–H groups in total. The zero-order chi connectivity index (χ0) is 14.5. The van der Waals surface area contributed by atoms with Gasteiger partial charge in [0.1, 0.15) is 5.04 Å². The summed E-state index contributed by atoms with van der Waals surface area (Å²) < 4.78 is 4.69. The second-order valence-corrected chi connectivity index (χ2v) is 5.26. The normalized spacial score (nSPS) is 17.8. The molecule has 1 heterocycles. The smallest absolute Gasteiger partial charge is 0.450 e. The second-order valence-electron chi connectivity index (χ2n) is 3.79. The van der Waals surface area contributed by atoms with Crippen LogP contribution in [0.1, 0.15) is 12.0 Å². The molecule has 6 nitrogen and oxygen atoms in total. The molecule has 1 aliphatic rings. The zero-order valence-corrected chi connectivity index (χ0v) is 12.0. The maximum Gasteiger partial charge on any atom is 0.508 e. The summed E-state index contributed by atoms with van der Waals surface area (Å²) in [6.07, 6.45) is -1.29. The molecule has 1 aromatic carbocycles. The highest BCUT2D eigenvalue weighted by Gasteiger charge is 2.35. The van der Waals surface area contributed by atoms with E-state index in [4.69, 9.17) is 5.11 Å². The molecular weight excluding hydrogens is 300 g/mol. The molecule has 0 spiro atoms. The number of hydrogen-bond donors (Lipinski definition) is 2. The van der Waals surface area contributed by atoms with E-state index in [9.17, 15) is 9.59 Å². The van der Waals surface area contributed by atoms with E-state index in [0.717, 1.165) is 22.3 Å². The maximum atomic E-state index is 11.9. The SMILES string of the molecule is O=C(O)OC1SC(c2ccccc2)=NN1C(=O)CCS. The molecule has 0 aliphatic carbocycles. The fourth-order valence-electron chi connectivity index (χ4n) is 1.56. The Hall–Kier alpha value is -1.67. The van der Waals surface area contributed by atoms with Crippen molar-refractivity contribution in [1.82, 2.24) is 5.01 Å². The van der Waals surface area contributed by atoms with Crippen LogP contribution in [0.5, 0.6) is 0 Å². The van der Waals surface area contributed by atoms with E-state index in [0.29, 0.717) is 10.8 Å². The van der Waals surface area contributed by atoms with Crippen LogP contribution in [-0.2, 0) is 9.53 Å². The van der Waals surface area contributed by atoms with E-state index in [2.05, 4.69) is 22.5 Å². The highest BCUT2D eigenvalue weighted by molar-refractivity contribution is 8.15. The number of carbonyl (C=O) groups is 2. The lowest BCUT2D eigenvalue weighted by atomic mass is 10.2. The van der Waals surface area contributed by atoms with Crippen molar-refractivity contribution in [3.63, 3.8) is 0 Å². The lowest BCUT2D eigenvalue weighted by Crippen LogP contribution is -2.34. The van der Waals surface area contributed by atoms with Gasteiger partial charge in [0.15, 0.2) is 0 Å². The van der Waals surface area contributed by atoms with Gasteiger partial charge >= 0.3 is 6.16 Å². The van der Waals surface area contributed by atoms with Gasteiger partial charge in [0.05, 0.1) is 0 Å². The largest absolute Gasteiger partial charge is 0.508 e. The van der Waals surface area contributed by atoms with E-state index < -0.39 is 11.7 Å². The predicted molar refractivity (Wildman–Crippen MR) is 78.8 cm³/mol. The summed E-state index contributed by atoms with van der Waals surface area (Å²) in [5, 5.41) is 14.5. The van der Waals surface area contributed by atoms with E-state index in [1.165, 1.54) is 0 Å². The topological polar surface area (TPSA) is 79.2 Å². The first-order valence-electron chi connectivity index (χ1n) is 5.75. The van der Waals surface area contributed by atoms with Crippen LogP contribution in [-0.4, -0.2) is 38.5 Å². The molecule has 0 saturated heterocycles. The van der Waals surface area contributed by atoms with Crippen molar-refractivity contribution in [3.05, 3.63) is 35.9 Å². The van der Waals surface area contributed by atoms with Gasteiger partial charge in [-0.05, 0) is 17.5 Å². The number of thioether (sulfide) groups is 1. The zero-order valence-electron chi connectivity index (χ0n) is 10.3. The second kappa shape index (κ2) is 6.67. The molecule has 20 heavy (non-hydrogen) atoms. The number of ether oxygens (including phenoxy) is 1. The molecular formula is C12H12N2O4S2. The fraction of sp³-hybridized carbons (Fsp3) is 0.250. The van der Waals surface area contributed by atoms with E-state index >= 15 is 0 Å². The number of nitrogens with zero attached hydrogens (tertiary/aromatic N) is 2. The monoisotopic (exact) mass is 312 g/mol. The molecule has 2 rings (SSSR count). The summed E-state index contributed by atoms with van der Waals surface area (Å²) >= 11 is 5.07. The van der Waals surface area contributed by atoms with Gasteiger partial charge in [0.2, 0.25) is 5.91 Å². The van der Waals surface area contributed by atoms with Crippen LogP contribution in [0.4, 0.5) is 4.79 Å². The van der Waals surface area contributed by atoms with Crippen molar-refractivity contribution >= 4 is 41.5 Å². The number of benzene rings is 1. The molecule has 1 atom stereocenters. The van der Waals surface area contributed by atoms with Gasteiger partial charge < -0.3 is 9.84 Å². The quantitative estimate of drug-likeness (QED) is 0.658. The molecule has 1 aliphatic heterocycles. The Labute approximate surface area is 125 Å². The standard InChI is InChI=1S/C12H12N2O4S2/c15-9(6-7-19)14-11(18-12(16)17)20-10(13-14)8-4-2-1-3-5-8/h1-5,11,19H,6-7H2,(H,16,17). The van der Waals surface area contributed by atoms with Gasteiger partial charge in [-0.1, -0.05) is 30.3 Å².